The first-order valence-electron chi connectivity index (χ1n) is 2.63. The van der Waals surface area contributed by atoms with Crippen LogP contribution in [0.5, 0.6) is 0 Å². The van der Waals surface area contributed by atoms with Gasteiger partial charge in [0.2, 0.25) is 0 Å². The number of hydrogen-bond donors (Lipinski definition) is 0. The fourth-order valence-corrected chi connectivity index (χ4v) is 0.296. The van der Waals surface area contributed by atoms with Crippen LogP contribution in [0.2, 0.25) is 0 Å². The third-order valence-electron chi connectivity index (χ3n) is 0.631. The maximum Gasteiger partial charge on any atom is 0.344 e. The van der Waals surface area contributed by atoms with Crippen molar-refractivity contribution in [1.82, 2.24) is 0 Å². The third kappa shape index (κ3) is 4.83. The third-order valence-corrected chi connectivity index (χ3v) is 0.631. The highest BCUT2D eigenvalue weighted by Gasteiger charge is 1.99. The SMILES string of the molecule is C=CCOC(=O)COC=O. The number of carbonyl (C=O) groups is 2. The molecule has 0 bridgehead atoms. The van der Waals surface area contributed by atoms with Crippen LogP contribution in [0.1, 0.15) is 0 Å². The molecular weight excluding hydrogens is 136 g/mol. The predicted octanol–water partition coefficient (Wildman–Crippen LogP) is -0.111. The average Bonchev–Trinajstić information content (AvgIpc) is 1.97. The van der Waals surface area contributed by atoms with Gasteiger partial charge in [-0.05, 0) is 0 Å². The topological polar surface area (TPSA) is 52.6 Å². The zero-order valence-electron chi connectivity index (χ0n) is 5.41. The van der Waals surface area contributed by atoms with Crippen LogP contribution < -0.4 is 0 Å². The Kier molecular flexibility index (Phi) is 5.04. The molecule has 10 heavy (non-hydrogen) atoms. The molecule has 0 rings (SSSR count). The van der Waals surface area contributed by atoms with E-state index in [9.17, 15) is 9.59 Å². The zero-order chi connectivity index (χ0) is 7.82. The van der Waals surface area contributed by atoms with Crippen LogP contribution in [0.25, 0.3) is 0 Å². The molecule has 56 valence electrons. The second kappa shape index (κ2) is 5.81. The van der Waals surface area contributed by atoms with Crippen molar-refractivity contribution in [3.8, 4) is 0 Å². The molecule has 0 spiro atoms. The molecule has 0 aromatic rings. The van der Waals surface area contributed by atoms with Crippen LogP contribution in [0, 0.1) is 0 Å². The minimum absolute atomic E-state index is 0.140. The van der Waals surface area contributed by atoms with Gasteiger partial charge in [-0.2, -0.15) is 0 Å². The second-order valence-corrected chi connectivity index (χ2v) is 1.38. The van der Waals surface area contributed by atoms with Gasteiger partial charge in [0.15, 0.2) is 6.61 Å². The van der Waals surface area contributed by atoms with Crippen molar-refractivity contribution >= 4 is 12.4 Å². The van der Waals surface area contributed by atoms with E-state index in [1.165, 1.54) is 6.08 Å². The van der Waals surface area contributed by atoms with E-state index in [1.54, 1.807) is 0 Å². The number of hydrogen-bond acceptors (Lipinski definition) is 4. The summed E-state index contributed by atoms with van der Waals surface area (Å²) in [4.78, 5) is 19.9. The summed E-state index contributed by atoms with van der Waals surface area (Å²) in [5.74, 6) is -0.577. The molecule has 4 nitrogen and oxygen atoms in total. The minimum Gasteiger partial charge on any atom is -0.459 e. The molecule has 0 aliphatic heterocycles. The van der Waals surface area contributed by atoms with E-state index in [-0.39, 0.29) is 19.7 Å². The Morgan fingerprint density at radius 2 is 2.30 bits per heavy atom. The summed E-state index contributed by atoms with van der Waals surface area (Å²) in [5.41, 5.74) is 0. The van der Waals surface area contributed by atoms with Crippen LogP contribution in [-0.4, -0.2) is 25.7 Å². The summed E-state index contributed by atoms with van der Waals surface area (Å²) in [7, 11) is 0. The van der Waals surface area contributed by atoms with E-state index >= 15 is 0 Å². The summed E-state index contributed by atoms with van der Waals surface area (Å²) >= 11 is 0. The molecular formula is C6H8O4. The van der Waals surface area contributed by atoms with Crippen LogP contribution in [0.4, 0.5) is 0 Å². The average molecular weight is 144 g/mol. The summed E-state index contributed by atoms with van der Waals surface area (Å²) in [6.07, 6.45) is 1.43. The van der Waals surface area contributed by atoms with Gasteiger partial charge in [0.1, 0.15) is 6.61 Å². The molecule has 0 fully saturated rings. The Balaban J connectivity index is 3.24. The quantitative estimate of drug-likeness (QED) is 0.307. The highest BCUT2D eigenvalue weighted by atomic mass is 16.6. The summed E-state index contributed by atoms with van der Waals surface area (Å²) in [6, 6.07) is 0. The maximum atomic E-state index is 10.4. The molecule has 0 saturated carbocycles. The van der Waals surface area contributed by atoms with Crippen LogP contribution in [0.3, 0.4) is 0 Å². The molecule has 0 unspecified atom stereocenters. The Hall–Kier alpha value is -1.32. The van der Waals surface area contributed by atoms with E-state index in [2.05, 4.69) is 16.1 Å². The molecule has 0 aromatic carbocycles. The second-order valence-electron chi connectivity index (χ2n) is 1.38. The highest BCUT2D eigenvalue weighted by Crippen LogP contribution is 1.78. The lowest BCUT2D eigenvalue weighted by Gasteiger charge is -1.98. The standard InChI is InChI=1S/C6H8O4/c1-2-3-10-6(8)4-9-5-7/h2,5H,1,3-4H2. The fraction of sp³-hybridized carbons (Fsp3) is 0.333. The largest absolute Gasteiger partial charge is 0.459 e. The number of rotatable bonds is 5. The highest BCUT2D eigenvalue weighted by molar-refractivity contribution is 5.71. The van der Waals surface area contributed by atoms with Crippen molar-refractivity contribution in [1.29, 1.82) is 0 Å². The first kappa shape index (κ1) is 8.68. The van der Waals surface area contributed by atoms with Crippen molar-refractivity contribution in [3.05, 3.63) is 12.7 Å². The van der Waals surface area contributed by atoms with Crippen molar-refractivity contribution < 1.29 is 19.1 Å². The fourth-order valence-electron chi connectivity index (χ4n) is 0.296. The Morgan fingerprint density at radius 1 is 1.60 bits per heavy atom. The van der Waals surface area contributed by atoms with E-state index in [0.29, 0.717) is 0 Å². The van der Waals surface area contributed by atoms with Gasteiger partial charge in [-0.25, -0.2) is 4.79 Å². The van der Waals surface area contributed by atoms with Crippen LogP contribution in [-0.2, 0) is 19.1 Å². The Labute approximate surface area is 58.4 Å². The van der Waals surface area contributed by atoms with E-state index < -0.39 is 5.97 Å². The lowest BCUT2D eigenvalue weighted by Crippen LogP contribution is -2.11. The number of ether oxygens (including phenoxy) is 2. The normalized spacial score (nSPS) is 8.00. The lowest BCUT2D eigenvalue weighted by molar-refractivity contribution is -0.151. The van der Waals surface area contributed by atoms with Crippen molar-refractivity contribution in [2.24, 2.45) is 0 Å². The summed E-state index contributed by atoms with van der Waals surface area (Å²) in [5, 5.41) is 0. The summed E-state index contributed by atoms with van der Waals surface area (Å²) < 4.78 is 8.56. The van der Waals surface area contributed by atoms with E-state index in [4.69, 9.17) is 0 Å². The molecule has 4 heteroatoms. The van der Waals surface area contributed by atoms with Crippen LogP contribution in [0.15, 0.2) is 12.7 Å². The van der Waals surface area contributed by atoms with Gasteiger partial charge in [0, 0.05) is 0 Å². The molecule has 0 aliphatic carbocycles. The zero-order valence-corrected chi connectivity index (χ0v) is 5.41. The number of carbonyl (C=O) groups excluding carboxylic acids is 2. The van der Waals surface area contributed by atoms with Gasteiger partial charge < -0.3 is 9.47 Å². The molecule has 0 aromatic heterocycles. The maximum absolute atomic E-state index is 10.4. The summed E-state index contributed by atoms with van der Waals surface area (Å²) in [6.45, 7) is 3.32. The van der Waals surface area contributed by atoms with Crippen molar-refractivity contribution in [2.45, 2.75) is 0 Å². The van der Waals surface area contributed by atoms with Gasteiger partial charge >= 0.3 is 5.97 Å². The monoisotopic (exact) mass is 144 g/mol. The van der Waals surface area contributed by atoms with Crippen molar-refractivity contribution in [3.63, 3.8) is 0 Å². The van der Waals surface area contributed by atoms with Gasteiger partial charge in [0.05, 0.1) is 0 Å². The van der Waals surface area contributed by atoms with Gasteiger partial charge in [-0.1, -0.05) is 12.7 Å². The molecule has 0 atom stereocenters. The minimum atomic E-state index is -0.577. The molecule has 0 amide bonds. The molecule has 0 aliphatic rings. The Bertz CT molecular complexity index is 116. The van der Waals surface area contributed by atoms with E-state index in [0.717, 1.165) is 0 Å². The molecule has 0 saturated heterocycles. The first-order chi connectivity index (χ1) is 4.81. The first-order valence-corrected chi connectivity index (χ1v) is 2.63. The smallest absolute Gasteiger partial charge is 0.344 e. The van der Waals surface area contributed by atoms with Gasteiger partial charge in [0.25, 0.3) is 6.47 Å². The van der Waals surface area contributed by atoms with Gasteiger partial charge in [-0.3, -0.25) is 4.79 Å². The lowest BCUT2D eigenvalue weighted by atomic mass is 10.6. The Morgan fingerprint density at radius 3 is 2.80 bits per heavy atom. The van der Waals surface area contributed by atoms with E-state index in [1.807, 2.05) is 0 Å². The molecule has 0 heterocycles. The van der Waals surface area contributed by atoms with Gasteiger partial charge in [-0.15, -0.1) is 0 Å². The molecule has 0 N–H and O–H groups in total. The predicted molar refractivity (Wildman–Crippen MR) is 33.2 cm³/mol. The van der Waals surface area contributed by atoms with Crippen LogP contribution >= 0.6 is 0 Å². The van der Waals surface area contributed by atoms with Crippen molar-refractivity contribution in [2.75, 3.05) is 13.2 Å². The molecule has 0 radical (unpaired) electrons. The number of esters is 1.